The van der Waals surface area contributed by atoms with E-state index < -0.39 is 0 Å². The highest BCUT2D eigenvalue weighted by Gasteiger charge is 2.34. The number of likely N-dealkylation sites (tertiary alicyclic amines) is 1. The van der Waals surface area contributed by atoms with Crippen LogP contribution in [0.1, 0.15) is 30.1 Å². The van der Waals surface area contributed by atoms with Gasteiger partial charge in [-0.05, 0) is 19.8 Å². The van der Waals surface area contributed by atoms with Crippen LogP contribution in [-0.2, 0) is 9.53 Å². The molecule has 0 aliphatic carbocycles. The van der Waals surface area contributed by atoms with E-state index in [2.05, 4.69) is 5.32 Å². The van der Waals surface area contributed by atoms with Crippen molar-refractivity contribution in [1.82, 2.24) is 10.2 Å². The second kappa shape index (κ2) is 8.60. The lowest BCUT2D eigenvalue weighted by Gasteiger charge is -2.37. The molecule has 5 nitrogen and oxygen atoms in total. The first-order valence-electron chi connectivity index (χ1n) is 8.40. The average Bonchev–Trinajstić information content (AvgIpc) is 2.62. The van der Waals surface area contributed by atoms with Gasteiger partial charge in [-0.2, -0.15) is 0 Å². The minimum absolute atomic E-state index is 0. The fourth-order valence-electron chi connectivity index (χ4n) is 3.41. The van der Waals surface area contributed by atoms with Crippen molar-refractivity contribution in [2.24, 2.45) is 5.92 Å². The zero-order chi connectivity index (χ0) is 16.2. The lowest BCUT2D eigenvalue weighted by molar-refractivity contribution is -0.140. The highest BCUT2D eigenvalue weighted by Crippen LogP contribution is 2.23. The van der Waals surface area contributed by atoms with Crippen LogP contribution in [0.2, 0.25) is 0 Å². The van der Waals surface area contributed by atoms with E-state index in [-0.39, 0.29) is 42.2 Å². The SMILES string of the molecule is C[C@H]1OCCN[C@@H]1C(=O)N1CCC(C(=O)c2ccccc2)CC1.Cl. The Labute approximate surface area is 149 Å². The number of nitrogens with one attached hydrogen (secondary N) is 1. The van der Waals surface area contributed by atoms with E-state index in [1.165, 1.54) is 0 Å². The van der Waals surface area contributed by atoms with E-state index in [1.807, 2.05) is 42.2 Å². The number of benzene rings is 1. The van der Waals surface area contributed by atoms with Crippen molar-refractivity contribution in [2.75, 3.05) is 26.2 Å². The minimum Gasteiger partial charge on any atom is -0.375 e. The quantitative estimate of drug-likeness (QED) is 0.844. The van der Waals surface area contributed by atoms with Crippen LogP contribution in [0.15, 0.2) is 30.3 Å². The molecule has 2 saturated heterocycles. The molecule has 3 rings (SSSR count). The van der Waals surface area contributed by atoms with Gasteiger partial charge in [0.25, 0.3) is 0 Å². The van der Waals surface area contributed by atoms with Gasteiger partial charge in [0.15, 0.2) is 5.78 Å². The topological polar surface area (TPSA) is 58.6 Å². The molecule has 2 aliphatic rings. The molecule has 6 heteroatoms. The molecule has 2 aliphatic heterocycles. The number of amides is 1. The summed E-state index contributed by atoms with van der Waals surface area (Å²) in [7, 11) is 0. The number of rotatable bonds is 3. The fraction of sp³-hybridized carbons (Fsp3) is 0.556. The summed E-state index contributed by atoms with van der Waals surface area (Å²) < 4.78 is 5.56. The van der Waals surface area contributed by atoms with Gasteiger partial charge in [-0.25, -0.2) is 0 Å². The predicted octanol–water partition coefficient (Wildman–Crippen LogP) is 1.91. The van der Waals surface area contributed by atoms with Gasteiger partial charge in [-0.15, -0.1) is 12.4 Å². The molecule has 0 spiro atoms. The van der Waals surface area contributed by atoms with Crippen LogP contribution in [-0.4, -0.2) is 55.0 Å². The molecule has 1 amide bonds. The maximum atomic E-state index is 12.6. The van der Waals surface area contributed by atoms with Crippen LogP contribution in [0.3, 0.4) is 0 Å². The Morgan fingerprint density at radius 1 is 1.17 bits per heavy atom. The van der Waals surface area contributed by atoms with Crippen LogP contribution >= 0.6 is 12.4 Å². The van der Waals surface area contributed by atoms with Gasteiger partial charge >= 0.3 is 0 Å². The Bertz CT molecular complexity index is 559. The van der Waals surface area contributed by atoms with Crippen molar-refractivity contribution >= 4 is 24.1 Å². The number of carbonyl (C=O) groups excluding carboxylic acids is 2. The van der Waals surface area contributed by atoms with Gasteiger partial charge < -0.3 is 15.0 Å². The Kier molecular flexibility index (Phi) is 6.78. The number of morpholine rings is 1. The highest BCUT2D eigenvalue weighted by atomic mass is 35.5. The van der Waals surface area contributed by atoms with Gasteiger partial charge in [0.1, 0.15) is 6.04 Å². The largest absolute Gasteiger partial charge is 0.375 e. The number of piperidine rings is 1. The van der Waals surface area contributed by atoms with Crippen molar-refractivity contribution in [2.45, 2.75) is 31.9 Å². The van der Waals surface area contributed by atoms with E-state index in [4.69, 9.17) is 4.74 Å². The maximum absolute atomic E-state index is 12.6. The molecule has 0 radical (unpaired) electrons. The van der Waals surface area contributed by atoms with Crippen LogP contribution in [0.5, 0.6) is 0 Å². The summed E-state index contributed by atoms with van der Waals surface area (Å²) in [5.41, 5.74) is 0.772. The molecule has 0 unspecified atom stereocenters. The molecule has 1 N–H and O–H groups in total. The van der Waals surface area contributed by atoms with Crippen LogP contribution in [0.25, 0.3) is 0 Å². The first-order chi connectivity index (χ1) is 11.2. The molecule has 1 aromatic rings. The molecule has 132 valence electrons. The van der Waals surface area contributed by atoms with Crippen LogP contribution in [0.4, 0.5) is 0 Å². The average molecular weight is 353 g/mol. The number of halogens is 1. The second-order valence-electron chi connectivity index (χ2n) is 6.34. The monoisotopic (exact) mass is 352 g/mol. The third-order valence-electron chi connectivity index (χ3n) is 4.82. The van der Waals surface area contributed by atoms with E-state index in [0.29, 0.717) is 26.2 Å². The lowest BCUT2D eigenvalue weighted by atomic mass is 9.88. The summed E-state index contributed by atoms with van der Waals surface area (Å²) in [6, 6.07) is 9.17. The fourth-order valence-corrected chi connectivity index (χ4v) is 3.41. The minimum atomic E-state index is -0.259. The first-order valence-corrected chi connectivity index (χ1v) is 8.40. The predicted molar refractivity (Wildman–Crippen MR) is 94.5 cm³/mol. The summed E-state index contributed by atoms with van der Waals surface area (Å²) in [6.45, 7) is 4.59. The molecule has 2 fully saturated rings. The van der Waals surface area contributed by atoms with Crippen molar-refractivity contribution in [3.05, 3.63) is 35.9 Å². The third kappa shape index (κ3) is 4.15. The van der Waals surface area contributed by atoms with E-state index >= 15 is 0 Å². The van der Waals surface area contributed by atoms with E-state index in [1.54, 1.807) is 0 Å². The third-order valence-corrected chi connectivity index (χ3v) is 4.82. The molecular weight excluding hydrogens is 328 g/mol. The molecule has 1 aromatic carbocycles. The Hall–Kier alpha value is -1.43. The molecule has 24 heavy (non-hydrogen) atoms. The summed E-state index contributed by atoms with van der Waals surface area (Å²) in [5, 5.41) is 3.24. The van der Waals surface area contributed by atoms with Gasteiger partial charge in [-0.1, -0.05) is 30.3 Å². The number of Topliss-reactive ketones (excluding diaryl/α,β-unsaturated/α-hetero) is 1. The Morgan fingerprint density at radius 2 is 1.83 bits per heavy atom. The Balaban J connectivity index is 0.00000208. The number of carbonyl (C=O) groups is 2. The smallest absolute Gasteiger partial charge is 0.242 e. The van der Waals surface area contributed by atoms with Crippen molar-refractivity contribution in [3.8, 4) is 0 Å². The molecular formula is C18H25ClN2O3. The van der Waals surface area contributed by atoms with Crippen LogP contribution in [0, 0.1) is 5.92 Å². The van der Waals surface area contributed by atoms with Gasteiger partial charge in [0.05, 0.1) is 12.7 Å². The summed E-state index contributed by atoms with van der Waals surface area (Å²) in [4.78, 5) is 27.0. The number of hydrogen-bond acceptors (Lipinski definition) is 4. The zero-order valence-corrected chi connectivity index (χ0v) is 14.8. The number of ether oxygens (including phenoxy) is 1. The molecule has 2 heterocycles. The van der Waals surface area contributed by atoms with E-state index in [0.717, 1.165) is 18.4 Å². The van der Waals surface area contributed by atoms with Gasteiger partial charge in [0.2, 0.25) is 5.91 Å². The number of nitrogens with zero attached hydrogens (tertiary/aromatic N) is 1. The van der Waals surface area contributed by atoms with Gasteiger partial charge in [0, 0.05) is 31.1 Å². The Morgan fingerprint density at radius 3 is 2.46 bits per heavy atom. The van der Waals surface area contributed by atoms with E-state index in [9.17, 15) is 9.59 Å². The van der Waals surface area contributed by atoms with Crippen molar-refractivity contribution in [3.63, 3.8) is 0 Å². The normalized spacial score (nSPS) is 25.0. The maximum Gasteiger partial charge on any atom is 0.242 e. The lowest BCUT2D eigenvalue weighted by Crippen LogP contribution is -2.57. The summed E-state index contributed by atoms with van der Waals surface area (Å²) in [6.07, 6.45) is 1.38. The molecule has 2 atom stereocenters. The van der Waals surface area contributed by atoms with Crippen molar-refractivity contribution in [1.29, 1.82) is 0 Å². The first kappa shape index (κ1) is 18.9. The highest BCUT2D eigenvalue weighted by molar-refractivity contribution is 5.98. The van der Waals surface area contributed by atoms with Crippen LogP contribution < -0.4 is 5.32 Å². The standard InChI is InChI=1S/C18H24N2O3.ClH/c1-13-16(19-9-12-23-13)18(22)20-10-7-15(8-11-20)17(21)14-5-3-2-4-6-14;/h2-6,13,15-16,19H,7-12H2,1H3;1H/t13-,16+;/m1./s1. The second-order valence-corrected chi connectivity index (χ2v) is 6.34. The van der Waals surface area contributed by atoms with Gasteiger partial charge in [-0.3, -0.25) is 9.59 Å². The summed E-state index contributed by atoms with van der Waals surface area (Å²) >= 11 is 0. The zero-order valence-electron chi connectivity index (χ0n) is 13.9. The molecule has 0 aromatic heterocycles. The summed E-state index contributed by atoms with van der Waals surface area (Å²) in [5.74, 6) is 0.322. The molecule has 0 bridgehead atoms. The number of ketones is 1. The number of hydrogen-bond donors (Lipinski definition) is 1. The van der Waals surface area contributed by atoms with Crippen molar-refractivity contribution < 1.29 is 14.3 Å². The molecule has 0 saturated carbocycles.